The topological polar surface area (TPSA) is 58.1 Å². The third-order valence-corrected chi connectivity index (χ3v) is 4.51. The third kappa shape index (κ3) is 4.75. The second-order valence-corrected chi connectivity index (χ2v) is 6.55. The van der Waals surface area contributed by atoms with Crippen LogP contribution in [0.25, 0.3) is 0 Å². The van der Waals surface area contributed by atoms with Gasteiger partial charge in [0.05, 0.1) is 6.04 Å². The first-order chi connectivity index (χ1) is 12.8. The fourth-order valence-electron chi connectivity index (χ4n) is 3.30. The molecule has 0 aliphatic carbocycles. The first-order valence-electron chi connectivity index (χ1n) is 8.86. The van der Waals surface area contributed by atoms with Crippen molar-refractivity contribution in [2.45, 2.75) is 38.4 Å². The Balaban J connectivity index is 1.59. The molecule has 2 amide bonds. The highest BCUT2D eigenvalue weighted by molar-refractivity contribution is 5.75. The summed E-state index contributed by atoms with van der Waals surface area (Å²) in [6.45, 7) is 2.33. The molecule has 1 atom stereocenters. The third-order valence-electron chi connectivity index (χ3n) is 4.51. The van der Waals surface area contributed by atoms with E-state index in [1.54, 1.807) is 4.90 Å². The van der Waals surface area contributed by atoms with Crippen molar-refractivity contribution < 1.29 is 18.0 Å². The minimum Gasteiger partial charge on any atom is -0.338 e. The Kier molecular flexibility index (Phi) is 5.62. The molecule has 0 radical (unpaired) electrons. The lowest BCUT2D eigenvalue weighted by molar-refractivity contribution is -0.141. The molecule has 0 saturated carbocycles. The predicted octanol–water partition coefficient (Wildman–Crippen LogP) is 3.89. The fraction of sp³-hybridized carbons (Fsp3) is 0.421. The molecule has 1 aliphatic heterocycles. The Morgan fingerprint density at radius 1 is 1.26 bits per heavy atom. The van der Waals surface area contributed by atoms with Gasteiger partial charge in [0.25, 0.3) is 0 Å². The van der Waals surface area contributed by atoms with Gasteiger partial charge in [-0.15, -0.1) is 0 Å². The molecule has 27 heavy (non-hydrogen) atoms. The molecule has 0 spiro atoms. The molecule has 1 fully saturated rings. The van der Waals surface area contributed by atoms with Gasteiger partial charge in [0.1, 0.15) is 11.5 Å². The zero-order valence-electron chi connectivity index (χ0n) is 15.0. The number of rotatable bonds is 4. The van der Waals surface area contributed by atoms with Crippen LogP contribution in [0.2, 0.25) is 0 Å². The lowest BCUT2D eigenvalue weighted by Crippen LogP contribution is -2.40. The summed E-state index contributed by atoms with van der Waals surface area (Å²) in [6.07, 6.45) is -2.55. The number of halogens is 3. The average Bonchev–Trinajstić information content (AvgIpc) is 3.11. The lowest BCUT2D eigenvalue weighted by atomic mass is 10.1. The van der Waals surface area contributed by atoms with Crippen LogP contribution in [-0.4, -0.2) is 34.0 Å². The molecule has 1 aromatic heterocycles. The first-order valence-corrected chi connectivity index (χ1v) is 8.86. The molecule has 1 N–H and O–H groups in total. The quantitative estimate of drug-likeness (QED) is 0.878. The summed E-state index contributed by atoms with van der Waals surface area (Å²) >= 11 is 0. The molecule has 8 heteroatoms. The number of carbonyl (C=O) groups is 1. The van der Waals surface area contributed by atoms with Crippen molar-refractivity contribution in [3.63, 3.8) is 0 Å². The Morgan fingerprint density at radius 2 is 2.00 bits per heavy atom. The molecule has 2 heterocycles. The number of nitrogens with one attached hydrogen (secondary N) is 1. The van der Waals surface area contributed by atoms with Gasteiger partial charge in [0.2, 0.25) is 0 Å². The number of likely N-dealkylation sites (tertiary alicyclic amines) is 1. The van der Waals surface area contributed by atoms with Gasteiger partial charge in [-0.1, -0.05) is 30.3 Å². The van der Waals surface area contributed by atoms with Crippen molar-refractivity contribution in [3.8, 4) is 0 Å². The van der Waals surface area contributed by atoms with Gasteiger partial charge in [-0.25, -0.2) is 14.8 Å². The number of urea groups is 1. The van der Waals surface area contributed by atoms with Crippen LogP contribution >= 0.6 is 0 Å². The fourth-order valence-corrected chi connectivity index (χ4v) is 3.30. The number of alkyl halides is 3. The Labute approximate surface area is 155 Å². The summed E-state index contributed by atoms with van der Waals surface area (Å²) in [6, 6.07) is 10.5. The van der Waals surface area contributed by atoms with Crippen LogP contribution in [0.3, 0.4) is 0 Å². The van der Waals surface area contributed by atoms with E-state index < -0.39 is 11.9 Å². The summed E-state index contributed by atoms with van der Waals surface area (Å²) < 4.78 is 38.5. The van der Waals surface area contributed by atoms with Crippen LogP contribution in [-0.2, 0) is 12.6 Å². The lowest BCUT2D eigenvalue weighted by Gasteiger charge is -2.25. The zero-order chi connectivity index (χ0) is 19.4. The smallest absolute Gasteiger partial charge is 0.338 e. The van der Waals surface area contributed by atoms with E-state index in [-0.39, 0.29) is 36.6 Å². The maximum absolute atomic E-state index is 12.8. The predicted molar refractivity (Wildman–Crippen MR) is 94.0 cm³/mol. The second kappa shape index (κ2) is 7.94. The van der Waals surface area contributed by atoms with E-state index in [2.05, 4.69) is 15.3 Å². The summed E-state index contributed by atoms with van der Waals surface area (Å²) in [4.78, 5) is 21.9. The van der Waals surface area contributed by atoms with E-state index in [1.165, 1.54) is 6.92 Å². The van der Waals surface area contributed by atoms with E-state index in [0.717, 1.165) is 24.5 Å². The number of aryl methyl sites for hydroxylation is 1. The van der Waals surface area contributed by atoms with Crippen LogP contribution in [0.15, 0.2) is 36.4 Å². The number of hydrogen-bond acceptors (Lipinski definition) is 3. The number of aromatic nitrogens is 2. The zero-order valence-corrected chi connectivity index (χ0v) is 15.0. The number of benzene rings is 1. The molecule has 0 bridgehead atoms. The normalized spacial score (nSPS) is 17.2. The van der Waals surface area contributed by atoms with Crippen molar-refractivity contribution in [2.75, 3.05) is 13.1 Å². The van der Waals surface area contributed by atoms with E-state index in [9.17, 15) is 18.0 Å². The van der Waals surface area contributed by atoms with Crippen molar-refractivity contribution in [1.82, 2.24) is 20.2 Å². The molecular formula is C19H21F3N4O. The largest absolute Gasteiger partial charge is 0.433 e. The molecule has 3 rings (SSSR count). The number of hydrogen-bond donors (Lipinski definition) is 1. The SMILES string of the molecule is Cc1cc(C(F)(F)F)nc(CCNC(=O)N2CCC[C@@H]2c2ccccc2)n1. The maximum Gasteiger partial charge on any atom is 0.433 e. The highest BCUT2D eigenvalue weighted by atomic mass is 19.4. The first kappa shape index (κ1) is 19.1. The number of carbonyl (C=O) groups excluding carboxylic acids is 1. The molecular weight excluding hydrogens is 357 g/mol. The summed E-state index contributed by atoms with van der Waals surface area (Å²) in [5.41, 5.74) is 0.379. The van der Waals surface area contributed by atoms with E-state index in [1.807, 2.05) is 30.3 Å². The monoisotopic (exact) mass is 378 g/mol. The maximum atomic E-state index is 12.8. The second-order valence-electron chi connectivity index (χ2n) is 6.55. The van der Waals surface area contributed by atoms with Gasteiger partial charge in [-0.05, 0) is 31.4 Å². The Hall–Kier alpha value is -2.64. The van der Waals surface area contributed by atoms with Gasteiger partial charge in [0, 0.05) is 25.2 Å². The van der Waals surface area contributed by atoms with Gasteiger partial charge in [0.15, 0.2) is 0 Å². The van der Waals surface area contributed by atoms with Gasteiger partial charge in [-0.3, -0.25) is 0 Å². The molecule has 1 saturated heterocycles. The van der Waals surface area contributed by atoms with E-state index in [0.29, 0.717) is 6.54 Å². The van der Waals surface area contributed by atoms with Crippen LogP contribution in [0.5, 0.6) is 0 Å². The van der Waals surface area contributed by atoms with Crippen molar-refractivity contribution in [3.05, 3.63) is 59.2 Å². The molecule has 144 valence electrons. The Morgan fingerprint density at radius 3 is 2.70 bits per heavy atom. The van der Waals surface area contributed by atoms with Crippen LogP contribution < -0.4 is 5.32 Å². The van der Waals surface area contributed by atoms with Crippen molar-refractivity contribution in [1.29, 1.82) is 0 Å². The standard InChI is InChI=1S/C19H21F3N4O/c1-13-12-16(19(20,21)22)25-17(24-13)9-10-23-18(27)26-11-5-8-15(26)14-6-3-2-4-7-14/h2-4,6-7,12,15H,5,8-11H2,1H3,(H,23,27)/t15-/m1/s1. The minimum atomic E-state index is -4.51. The van der Waals surface area contributed by atoms with Gasteiger partial charge in [-0.2, -0.15) is 13.2 Å². The summed E-state index contributed by atoms with van der Waals surface area (Å²) in [5, 5.41) is 2.78. The van der Waals surface area contributed by atoms with Crippen molar-refractivity contribution >= 4 is 6.03 Å². The average molecular weight is 378 g/mol. The minimum absolute atomic E-state index is 0.0262. The molecule has 0 unspecified atom stereocenters. The van der Waals surface area contributed by atoms with Crippen molar-refractivity contribution in [2.24, 2.45) is 0 Å². The van der Waals surface area contributed by atoms with Crippen LogP contribution in [0, 0.1) is 6.92 Å². The summed E-state index contributed by atoms with van der Waals surface area (Å²) in [7, 11) is 0. The number of nitrogens with zero attached hydrogens (tertiary/aromatic N) is 3. The highest BCUT2D eigenvalue weighted by Gasteiger charge is 2.33. The molecule has 1 aromatic carbocycles. The number of amides is 2. The Bertz CT molecular complexity index is 795. The highest BCUT2D eigenvalue weighted by Crippen LogP contribution is 2.31. The van der Waals surface area contributed by atoms with Gasteiger partial charge < -0.3 is 10.2 Å². The summed E-state index contributed by atoms with van der Waals surface area (Å²) in [5.74, 6) is 0.0728. The molecule has 5 nitrogen and oxygen atoms in total. The van der Waals surface area contributed by atoms with Crippen LogP contribution in [0.1, 0.15) is 41.7 Å². The molecule has 2 aromatic rings. The van der Waals surface area contributed by atoms with Gasteiger partial charge >= 0.3 is 12.2 Å². The molecule has 1 aliphatic rings. The van der Waals surface area contributed by atoms with E-state index in [4.69, 9.17) is 0 Å². The van der Waals surface area contributed by atoms with Crippen LogP contribution in [0.4, 0.5) is 18.0 Å². The van der Waals surface area contributed by atoms with E-state index >= 15 is 0 Å².